The normalized spacial score (nSPS) is 12.0. The van der Waals surface area contributed by atoms with E-state index in [1.54, 1.807) is 79.9 Å². The summed E-state index contributed by atoms with van der Waals surface area (Å²) in [5.41, 5.74) is 0.958. The molecule has 0 aromatic heterocycles. The van der Waals surface area contributed by atoms with E-state index in [-0.39, 0.29) is 12.6 Å². The zero-order chi connectivity index (χ0) is 20.5. The monoisotopic (exact) mass is 393 g/mol. The van der Waals surface area contributed by atoms with Crippen LogP contribution in [0.2, 0.25) is 0 Å². The molecule has 0 amide bonds. The summed E-state index contributed by atoms with van der Waals surface area (Å²) in [6, 6.07) is 13.4. The number of methoxy groups -OCH3 is 1. The summed E-state index contributed by atoms with van der Waals surface area (Å²) in [7, 11) is 1.57. The highest BCUT2D eigenvalue weighted by atomic mass is 16.6. The summed E-state index contributed by atoms with van der Waals surface area (Å²) in [6.07, 6.45) is 7.56. The van der Waals surface area contributed by atoms with Gasteiger partial charge < -0.3 is 24.1 Å². The molecule has 0 saturated heterocycles. The number of benzene rings is 2. The number of carbonyl (C=O) groups is 1. The molecule has 0 spiro atoms. The molecule has 150 valence electrons. The molecule has 0 unspecified atom stereocenters. The summed E-state index contributed by atoms with van der Waals surface area (Å²) in [6.45, 7) is 0.667. The van der Waals surface area contributed by atoms with Crippen molar-refractivity contribution in [3.8, 4) is 17.2 Å². The van der Waals surface area contributed by atoms with Gasteiger partial charge in [-0.3, -0.25) is 0 Å². The van der Waals surface area contributed by atoms with E-state index in [1.807, 2.05) is 0 Å². The average molecular weight is 393 g/mol. The number of hydrogen-bond acceptors (Lipinski definition) is 6. The molecule has 6 heteroatoms. The van der Waals surface area contributed by atoms with E-state index in [9.17, 15) is 9.90 Å². The summed E-state index contributed by atoms with van der Waals surface area (Å²) >= 11 is 0. The second-order valence-electron chi connectivity index (χ2n) is 6.10. The number of ether oxygens (including phenoxy) is 4. The molecule has 0 saturated carbocycles. The standard InChI is InChI=1S/C23H22O6/c1-26-19-11-13-21(14-12-19)29-23(25)18-7-9-20(10-8-18)27-15-4-16-28-22(24)17-5-2-3-6-17/h2-3,5-14,24H,4,15-16H2,1H3/p-1. The summed E-state index contributed by atoms with van der Waals surface area (Å²) in [4.78, 5) is 12.2. The number of carbonyl (C=O) groups excluding carboxylic acids is 1. The van der Waals surface area contributed by atoms with Gasteiger partial charge in [0.15, 0.2) is 0 Å². The summed E-state index contributed by atoms with van der Waals surface area (Å²) in [5.74, 6) is 0.948. The van der Waals surface area contributed by atoms with Crippen molar-refractivity contribution in [3.63, 3.8) is 0 Å². The zero-order valence-electron chi connectivity index (χ0n) is 16.0. The number of hydrogen-bond donors (Lipinski definition) is 0. The highest BCUT2D eigenvalue weighted by Gasteiger charge is 2.09. The third-order valence-corrected chi connectivity index (χ3v) is 4.05. The number of rotatable bonds is 9. The van der Waals surface area contributed by atoms with Gasteiger partial charge in [0.1, 0.15) is 17.2 Å². The average Bonchev–Trinajstić information content (AvgIpc) is 3.29. The van der Waals surface area contributed by atoms with Gasteiger partial charge in [-0.1, -0.05) is 24.3 Å². The molecule has 2 aromatic carbocycles. The third-order valence-electron chi connectivity index (χ3n) is 4.05. The lowest BCUT2D eigenvalue weighted by atomic mass is 10.2. The maximum Gasteiger partial charge on any atom is 0.343 e. The van der Waals surface area contributed by atoms with Crippen LogP contribution in [0.25, 0.3) is 0 Å². The van der Waals surface area contributed by atoms with Gasteiger partial charge in [-0.15, -0.1) is 0 Å². The predicted octanol–water partition coefficient (Wildman–Crippen LogP) is 3.40. The van der Waals surface area contributed by atoms with Gasteiger partial charge in [-0.25, -0.2) is 4.79 Å². The second-order valence-corrected chi connectivity index (χ2v) is 6.10. The van der Waals surface area contributed by atoms with Crippen molar-refractivity contribution in [1.29, 1.82) is 0 Å². The molecule has 0 radical (unpaired) electrons. The maximum atomic E-state index is 12.2. The Bertz CT molecular complexity index is 893. The van der Waals surface area contributed by atoms with Crippen molar-refractivity contribution in [2.75, 3.05) is 20.3 Å². The van der Waals surface area contributed by atoms with Crippen LogP contribution in [0.1, 0.15) is 16.8 Å². The molecule has 0 aliphatic heterocycles. The van der Waals surface area contributed by atoms with Crippen LogP contribution in [0.5, 0.6) is 17.2 Å². The van der Waals surface area contributed by atoms with Gasteiger partial charge in [0.2, 0.25) is 0 Å². The Kier molecular flexibility index (Phi) is 6.95. The molecule has 0 heterocycles. The fraction of sp³-hybridized carbons (Fsp3) is 0.174. The molecule has 3 rings (SSSR count). The summed E-state index contributed by atoms with van der Waals surface area (Å²) < 4.78 is 21.1. The van der Waals surface area contributed by atoms with Crippen molar-refractivity contribution in [2.24, 2.45) is 0 Å². The predicted molar refractivity (Wildman–Crippen MR) is 106 cm³/mol. The number of allylic oxidation sites excluding steroid dienone is 5. The first kappa shape index (κ1) is 20.1. The topological polar surface area (TPSA) is 77.1 Å². The van der Waals surface area contributed by atoms with E-state index >= 15 is 0 Å². The van der Waals surface area contributed by atoms with Gasteiger partial charge in [-0.05, 0) is 67.1 Å². The van der Waals surface area contributed by atoms with E-state index in [1.165, 1.54) is 0 Å². The molecule has 2 aromatic rings. The Labute approximate surface area is 169 Å². The molecule has 6 nitrogen and oxygen atoms in total. The number of esters is 1. The lowest BCUT2D eigenvalue weighted by Crippen LogP contribution is -2.12. The molecule has 29 heavy (non-hydrogen) atoms. The van der Waals surface area contributed by atoms with Crippen LogP contribution in [-0.2, 0) is 4.74 Å². The van der Waals surface area contributed by atoms with Crippen LogP contribution >= 0.6 is 0 Å². The first-order valence-electron chi connectivity index (χ1n) is 9.13. The van der Waals surface area contributed by atoms with E-state index in [2.05, 4.69) is 0 Å². The molecule has 1 aliphatic rings. The van der Waals surface area contributed by atoms with Crippen molar-refractivity contribution >= 4 is 5.97 Å². The Balaban J connectivity index is 1.41. The molecule has 1 aliphatic carbocycles. The van der Waals surface area contributed by atoms with E-state index in [0.717, 1.165) is 0 Å². The lowest BCUT2D eigenvalue weighted by molar-refractivity contribution is -0.358. The minimum absolute atomic E-state index is 0.274. The van der Waals surface area contributed by atoms with Crippen LogP contribution in [0.15, 0.2) is 84.4 Å². The third kappa shape index (κ3) is 5.90. The van der Waals surface area contributed by atoms with Crippen molar-refractivity contribution in [2.45, 2.75) is 6.42 Å². The van der Waals surface area contributed by atoms with Crippen LogP contribution in [0, 0.1) is 0 Å². The van der Waals surface area contributed by atoms with Crippen molar-refractivity contribution < 1.29 is 28.8 Å². The van der Waals surface area contributed by atoms with Crippen molar-refractivity contribution in [1.82, 2.24) is 0 Å². The second kappa shape index (κ2) is 10.0. The highest BCUT2D eigenvalue weighted by molar-refractivity contribution is 5.91. The molecule has 0 bridgehead atoms. The van der Waals surface area contributed by atoms with Gasteiger partial charge in [0, 0.05) is 0 Å². The minimum Gasteiger partial charge on any atom is -0.613 e. The minimum atomic E-state index is -0.457. The Morgan fingerprint density at radius 2 is 1.48 bits per heavy atom. The molecule has 0 fully saturated rings. The van der Waals surface area contributed by atoms with Gasteiger partial charge in [0.25, 0.3) is 0 Å². The fourth-order valence-corrected chi connectivity index (χ4v) is 2.50. The van der Waals surface area contributed by atoms with Crippen LogP contribution in [0.3, 0.4) is 0 Å². The lowest BCUT2D eigenvalue weighted by Gasteiger charge is -2.17. The van der Waals surface area contributed by atoms with Crippen molar-refractivity contribution in [3.05, 3.63) is 89.9 Å². The van der Waals surface area contributed by atoms with E-state index < -0.39 is 5.97 Å². The van der Waals surface area contributed by atoms with E-state index in [0.29, 0.717) is 41.4 Å². The van der Waals surface area contributed by atoms with Gasteiger partial charge in [0.05, 0.1) is 25.2 Å². The van der Waals surface area contributed by atoms with Crippen LogP contribution < -0.4 is 19.3 Å². The Morgan fingerprint density at radius 3 is 2.14 bits per heavy atom. The Morgan fingerprint density at radius 1 is 0.862 bits per heavy atom. The summed E-state index contributed by atoms with van der Waals surface area (Å²) in [5, 5.41) is 11.7. The molecular formula is C23H21O6-. The van der Waals surface area contributed by atoms with Gasteiger partial charge >= 0.3 is 5.97 Å². The van der Waals surface area contributed by atoms with Crippen LogP contribution in [0.4, 0.5) is 0 Å². The fourth-order valence-electron chi connectivity index (χ4n) is 2.50. The SMILES string of the molecule is COc1ccc(OC(=O)c2ccc(OCCCOC([O-])=C3C=CC=C3)cc2)cc1. The first-order chi connectivity index (χ1) is 14.2. The quantitative estimate of drug-likeness (QED) is 0.281. The molecule has 0 N–H and O–H groups in total. The van der Waals surface area contributed by atoms with E-state index in [4.69, 9.17) is 18.9 Å². The first-order valence-corrected chi connectivity index (χ1v) is 9.13. The Hall–Kier alpha value is -3.67. The zero-order valence-corrected chi connectivity index (χ0v) is 16.0. The highest BCUT2D eigenvalue weighted by Crippen LogP contribution is 2.19. The molecule has 0 atom stereocenters. The maximum absolute atomic E-state index is 12.2. The molecular weight excluding hydrogens is 372 g/mol. The smallest absolute Gasteiger partial charge is 0.343 e. The van der Waals surface area contributed by atoms with Gasteiger partial charge in [-0.2, -0.15) is 0 Å². The largest absolute Gasteiger partial charge is 0.613 e. The van der Waals surface area contributed by atoms with Crippen LogP contribution in [-0.4, -0.2) is 26.3 Å².